The van der Waals surface area contributed by atoms with Crippen molar-refractivity contribution in [2.24, 2.45) is 5.41 Å². The minimum atomic E-state index is -1.89. The molecule has 4 nitrogen and oxygen atoms in total. The molecule has 1 aliphatic carbocycles. The Bertz CT molecular complexity index is 956. The smallest absolute Gasteiger partial charge is 0.250 e. The highest BCUT2D eigenvalue weighted by atomic mass is 28.4. The third kappa shape index (κ3) is 3.49. The van der Waals surface area contributed by atoms with Gasteiger partial charge in [0.15, 0.2) is 0 Å². The molecule has 0 radical (unpaired) electrons. The maximum atomic E-state index is 11.6. The average molecular weight is 424 g/mol. The van der Waals surface area contributed by atoms with Crippen LogP contribution in [0.2, 0.25) is 18.1 Å². The molecule has 2 aliphatic rings. The standard InChI is InChI=1S/C25H33NO3Si/c1-23(2,3)30(5,6)28-20-14-12-19(13-15-20)22-21(18-10-8-7-9-11-18)25(27,29-26-22)24(4)16-17-24/h7-15,26-27H,16-17H2,1-6H3. The van der Waals surface area contributed by atoms with Crippen molar-refractivity contribution in [2.45, 2.75) is 64.5 Å². The van der Waals surface area contributed by atoms with E-state index in [4.69, 9.17) is 9.26 Å². The molecule has 0 spiro atoms. The van der Waals surface area contributed by atoms with Gasteiger partial charge in [0.05, 0.1) is 5.70 Å². The number of hydrogen-bond acceptors (Lipinski definition) is 4. The van der Waals surface area contributed by atoms with Crippen molar-refractivity contribution in [1.82, 2.24) is 5.48 Å². The molecule has 0 amide bonds. The van der Waals surface area contributed by atoms with Gasteiger partial charge in [0, 0.05) is 16.6 Å². The van der Waals surface area contributed by atoms with Crippen molar-refractivity contribution in [1.29, 1.82) is 0 Å². The molecule has 0 bridgehead atoms. The zero-order valence-electron chi connectivity index (χ0n) is 18.9. The van der Waals surface area contributed by atoms with Crippen molar-refractivity contribution in [3.8, 4) is 5.75 Å². The molecule has 1 atom stereocenters. The van der Waals surface area contributed by atoms with Crippen LogP contribution < -0.4 is 9.91 Å². The molecule has 1 heterocycles. The predicted molar refractivity (Wildman–Crippen MR) is 124 cm³/mol. The summed E-state index contributed by atoms with van der Waals surface area (Å²) in [6.45, 7) is 13.3. The summed E-state index contributed by atoms with van der Waals surface area (Å²) < 4.78 is 6.42. The Morgan fingerprint density at radius 1 is 0.967 bits per heavy atom. The zero-order chi connectivity index (χ0) is 21.8. The van der Waals surface area contributed by atoms with Crippen molar-refractivity contribution in [2.75, 3.05) is 0 Å². The minimum Gasteiger partial charge on any atom is -0.544 e. The average Bonchev–Trinajstić information content (AvgIpc) is 3.34. The summed E-state index contributed by atoms with van der Waals surface area (Å²) in [5, 5.41) is 11.7. The van der Waals surface area contributed by atoms with Crippen LogP contribution in [0.1, 0.15) is 51.7 Å². The Hall–Kier alpha value is -2.08. The lowest BCUT2D eigenvalue weighted by Crippen LogP contribution is -2.43. The summed E-state index contributed by atoms with van der Waals surface area (Å²) in [6, 6.07) is 18.1. The van der Waals surface area contributed by atoms with Gasteiger partial charge in [-0.25, -0.2) is 4.84 Å². The fourth-order valence-electron chi connectivity index (χ4n) is 3.63. The van der Waals surface area contributed by atoms with Crippen LogP contribution in [0.15, 0.2) is 54.6 Å². The van der Waals surface area contributed by atoms with Crippen LogP contribution in [0.25, 0.3) is 11.3 Å². The second kappa shape index (κ2) is 6.97. The lowest BCUT2D eigenvalue weighted by Gasteiger charge is -2.36. The largest absolute Gasteiger partial charge is 0.544 e. The summed E-state index contributed by atoms with van der Waals surface area (Å²) in [7, 11) is -1.89. The van der Waals surface area contributed by atoms with Crippen LogP contribution in [-0.2, 0) is 4.84 Å². The Kier molecular flexibility index (Phi) is 4.92. The number of aliphatic hydroxyl groups is 1. The molecule has 1 unspecified atom stereocenters. The highest BCUT2D eigenvalue weighted by molar-refractivity contribution is 6.74. The van der Waals surface area contributed by atoms with E-state index in [0.29, 0.717) is 0 Å². The first kappa shape index (κ1) is 21.2. The topological polar surface area (TPSA) is 50.7 Å². The van der Waals surface area contributed by atoms with E-state index in [2.05, 4.69) is 46.3 Å². The van der Waals surface area contributed by atoms with Crippen LogP contribution >= 0.6 is 0 Å². The molecular formula is C25H33NO3Si. The van der Waals surface area contributed by atoms with E-state index in [1.807, 2.05) is 54.6 Å². The number of rotatable bonds is 5. The molecule has 2 N–H and O–H groups in total. The molecule has 1 saturated carbocycles. The van der Waals surface area contributed by atoms with Gasteiger partial charge in [0.1, 0.15) is 5.75 Å². The second-order valence-corrected chi connectivity index (χ2v) is 15.1. The van der Waals surface area contributed by atoms with Crippen molar-refractivity contribution >= 4 is 19.6 Å². The fraction of sp³-hybridized carbons (Fsp3) is 0.440. The van der Waals surface area contributed by atoms with Crippen LogP contribution in [-0.4, -0.2) is 19.2 Å². The van der Waals surface area contributed by atoms with Gasteiger partial charge in [0.2, 0.25) is 14.1 Å². The molecule has 160 valence electrons. The molecule has 1 fully saturated rings. The van der Waals surface area contributed by atoms with E-state index < -0.39 is 14.1 Å². The maximum absolute atomic E-state index is 11.6. The lowest BCUT2D eigenvalue weighted by atomic mass is 9.84. The third-order valence-electron chi connectivity index (χ3n) is 7.09. The Morgan fingerprint density at radius 3 is 2.10 bits per heavy atom. The van der Waals surface area contributed by atoms with Gasteiger partial charge in [0.25, 0.3) is 0 Å². The van der Waals surface area contributed by atoms with E-state index in [9.17, 15) is 5.11 Å². The highest BCUT2D eigenvalue weighted by Crippen LogP contribution is 2.61. The maximum Gasteiger partial charge on any atom is 0.250 e. The summed E-state index contributed by atoms with van der Waals surface area (Å²) in [5.74, 6) is -0.462. The van der Waals surface area contributed by atoms with E-state index in [1.54, 1.807) is 0 Å². The molecule has 2 aromatic carbocycles. The van der Waals surface area contributed by atoms with E-state index in [-0.39, 0.29) is 10.5 Å². The molecule has 30 heavy (non-hydrogen) atoms. The van der Waals surface area contributed by atoms with Crippen molar-refractivity contribution in [3.63, 3.8) is 0 Å². The van der Waals surface area contributed by atoms with E-state index >= 15 is 0 Å². The molecule has 0 saturated heterocycles. The van der Waals surface area contributed by atoms with Crippen molar-refractivity contribution in [3.05, 3.63) is 65.7 Å². The monoisotopic (exact) mass is 423 g/mol. The highest BCUT2D eigenvalue weighted by Gasteiger charge is 2.62. The molecule has 5 heteroatoms. The summed E-state index contributed by atoms with van der Waals surface area (Å²) >= 11 is 0. The number of hydrogen-bond donors (Lipinski definition) is 2. The first-order chi connectivity index (χ1) is 14.0. The molecule has 2 aromatic rings. The quantitative estimate of drug-likeness (QED) is 0.582. The van der Waals surface area contributed by atoms with Gasteiger partial charge in [-0.05, 0) is 60.8 Å². The first-order valence-corrected chi connectivity index (χ1v) is 13.6. The fourth-order valence-corrected chi connectivity index (χ4v) is 4.66. The first-order valence-electron chi connectivity index (χ1n) is 10.7. The second-order valence-electron chi connectivity index (χ2n) is 10.4. The number of hydroxylamine groups is 1. The van der Waals surface area contributed by atoms with Gasteiger partial charge in [-0.1, -0.05) is 58.0 Å². The summed E-state index contributed by atoms with van der Waals surface area (Å²) in [4.78, 5) is 5.86. The Labute approximate surface area is 181 Å². The summed E-state index contributed by atoms with van der Waals surface area (Å²) in [5.41, 5.74) is 6.33. The third-order valence-corrected chi connectivity index (χ3v) is 11.5. The van der Waals surface area contributed by atoms with Gasteiger partial charge in [-0.2, -0.15) is 0 Å². The molecular weight excluding hydrogens is 390 g/mol. The van der Waals surface area contributed by atoms with Crippen LogP contribution in [0, 0.1) is 5.41 Å². The SMILES string of the molecule is CC1(C2(O)ONC(c3ccc(O[Si](C)(C)C(C)(C)C)cc3)=C2c2ccccc2)CC1. The normalized spacial score (nSPS) is 23.3. The molecule has 4 rings (SSSR count). The zero-order valence-corrected chi connectivity index (χ0v) is 19.9. The number of benzene rings is 2. The van der Waals surface area contributed by atoms with Gasteiger partial charge in [-0.15, -0.1) is 0 Å². The molecule has 1 aliphatic heterocycles. The van der Waals surface area contributed by atoms with E-state index in [1.165, 1.54) is 0 Å². The van der Waals surface area contributed by atoms with Crippen LogP contribution in [0.5, 0.6) is 5.75 Å². The minimum absolute atomic E-state index is 0.145. The van der Waals surface area contributed by atoms with Crippen LogP contribution in [0.3, 0.4) is 0 Å². The van der Waals surface area contributed by atoms with E-state index in [0.717, 1.165) is 41.0 Å². The number of nitrogens with one attached hydrogen (secondary N) is 1. The predicted octanol–water partition coefficient (Wildman–Crippen LogP) is 5.96. The Morgan fingerprint density at radius 2 is 1.57 bits per heavy atom. The van der Waals surface area contributed by atoms with Gasteiger partial charge < -0.3 is 9.53 Å². The Balaban J connectivity index is 1.72. The molecule has 0 aromatic heterocycles. The summed E-state index contributed by atoms with van der Waals surface area (Å²) in [6.07, 6.45) is 1.88. The lowest BCUT2D eigenvalue weighted by molar-refractivity contribution is -0.211. The van der Waals surface area contributed by atoms with Crippen LogP contribution in [0.4, 0.5) is 0 Å². The van der Waals surface area contributed by atoms with Crippen molar-refractivity contribution < 1.29 is 14.4 Å². The van der Waals surface area contributed by atoms with Gasteiger partial charge in [-0.3, -0.25) is 5.48 Å². The van der Waals surface area contributed by atoms with Gasteiger partial charge >= 0.3 is 0 Å².